The van der Waals surface area contributed by atoms with Gasteiger partial charge >= 0.3 is 0 Å². The van der Waals surface area contributed by atoms with Gasteiger partial charge in [0.1, 0.15) is 5.76 Å². The van der Waals surface area contributed by atoms with Crippen LogP contribution in [0, 0.1) is 0 Å². The number of carbonyl (C=O) groups is 2. The lowest BCUT2D eigenvalue weighted by Crippen LogP contribution is -2.36. The van der Waals surface area contributed by atoms with E-state index < -0.39 is 0 Å². The van der Waals surface area contributed by atoms with E-state index in [0.717, 1.165) is 16.9 Å². The number of furan rings is 1. The highest BCUT2D eigenvalue weighted by atomic mass is 16.5. The summed E-state index contributed by atoms with van der Waals surface area (Å²) in [7, 11) is 6.24. The molecule has 3 rings (SSSR count). The molecule has 0 bridgehead atoms. The van der Waals surface area contributed by atoms with Crippen molar-refractivity contribution in [1.29, 1.82) is 0 Å². The third-order valence-corrected chi connectivity index (χ3v) is 5.39. The lowest BCUT2D eigenvalue weighted by atomic mass is 10.1. The first kappa shape index (κ1) is 25.6. The number of amides is 2. The van der Waals surface area contributed by atoms with Crippen molar-refractivity contribution in [2.75, 3.05) is 34.9 Å². The summed E-state index contributed by atoms with van der Waals surface area (Å²) in [5, 5.41) is 5.56. The molecule has 2 aromatic carbocycles. The smallest absolute Gasteiger partial charge is 0.251 e. The van der Waals surface area contributed by atoms with Gasteiger partial charge in [0.05, 0.1) is 40.7 Å². The number of carbonyl (C=O) groups excluding carboxylic acids is 2. The van der Waals surface area contributed by atoms with Gasteiger partial charge in [-0.3, -0.25) is 14.5 Å². The average molecular weight is 482 g/mol. The summed E-state index contributed by atoms with van der Waals surface area (Å²) in [6.07, 6.45) is 1.61. The monoisotopic (exact) mass is 481 g/mol. The normalized spacial score (nSPS) is 10.7. The predicted octanol–water partition coefficient (Wildman–Crippen LogP) is 2.98. The molecule has 0 unspecified atom stereocenters. The van der Waals surface area contributed by atoms with Crippen molar-refractivity contribution >= 4 is 11.8 Å². The van der Waals surface area contributed by atoms with Gasteiger partial charge in [-0.05, 0) is 47.5 Å². The van der Waals surface area contributed by atoms with E-state index in [0.29, 0.717) is 42.4 Å². The van der Waals surface area contributed by atoms with Gasteiger partial charge in [0.2, 0.25) is 11.7 Å². The molecule has 3 aromatic rings. The Morgan fingerprint density at radius 3 is 2.14 bits per heavy atom. The molecule has 0 atom stereocenters. The number of hydrogen-bond acceptors (Lipinski definition) is 7. The largest absolute Gasteiger partial charge is 0.493 e. The van der Waals surface area contributed by atoms with E-state index in [1.807, 2.05) is 29.2 Å². The second kappa shape index (κ2) is 12.5. The van der Waals surface area contributed by atoms with Crippen LogP contribution in [-0.4, -0.2) is 51.6 Å². The number of nitrogens with zero attached hydrogens (tertiary/aromatic N) is 1. The fourth-order valence-corrected chi connectivity index (χ4v) is 3.65. The number of benzene rings is 2. The SMILES string of the molecule is CNC(=O)c1ccc(CN(CC(=O)NCc2cc(OC)c(OC)c(OC)c2)Cc2ccco2)cc1. The van der Waals surface area contributed by atoms with E-state index in [9.17, 15) is 9.59 Å². The Morgan fingerprint density at radius 1 is 0.914 bits per heavy atom. The lowest BCUT2D eigenvalue weighted by Gasteiger charge is -2.21. The Kier molecular flexibility index (Phi) is 9.14. The summed E-state index contributed by atoms with van der Waals surface area (Å²) in [5.41, 5.74) is 2.37. The Balaban J connectivity index is 1.67. The third-order valence-electron chi connectivity index (χ3n) is 5.39. The number of ether oxygens (including phenoxy) is 3. The zero-order chi connectivity index (χ0) is 25.2. The molecule has 0 aliphatic heterocycles. The average Bonchev–Trinajstić information content (AvgIpc) is 3.39. The van der Waals surface area contributed by atoms with Crippen molar-refractivity contribution in [2.24, 2.45) is 0 Å². The molecule has 0 saturated heterocycles. The van der Waals surface area contributed by atoms with E-state index >= 15 is 0 Å². The standard InChI is InChI=1S/C26H31N3O6/c1-27-26(31)20-9-7-18(8-10-20)15-29(16-21-6-5-11-35-21)17-24(30)28-14-19-12-22(32-2)25(34-4)23(13-19)33-3/h5-13H,14-17H2,1-4H3,(H,27,31)(H,28,30). The molecular formula is C26H31N3O6. The summed E-state index contributed by atoms with van der Waals surface area (Å²) < 4.78 is 21.6. The van der Waals surface area contributed by atoms with Crippen LogP contribution in [0.25, 0.3) is 0 Å². The van der Waals surface area contributed by atoms with Crippen LogP contribution in [0.15, 0.2) is 59.2 Å². The van der Waals surface area contributed by atoms with Crippen LogP contribution in [0.4, 0.5) is 0 Å². The van der Waals surface area contributed by atoms with Gasteiger partial charge in [-0.15, -0.1) is 0 Å². The number of rotatable bonds is 12. The van der Waals surface area contributed by atoms with Crippen LogP contribution >= 0.6 is 0 Å². The molecule has 1 heterocycles. The van der Waals surface area contributed by atoms with Gasteiger partial charge in [0.25, 0.3) is 5.91 Å². The molecule has 186 valence electrons. The zero-order valence-electron chi connectivity index (χ0n) is 20.4. The van der Waals surface area contributed by atoms with E-state index in [2.05, 4.69) is 10.6 Å². The summed E-state index contributed by atoms with van der Waals surface area (Å²) in [6.45, 7) is 1.42. The van der Waals surface area contributed by atoms with E-state index in [-0.39, 0.29) is 18.4 Å². The zero-order valence-corrected chi connectivity index (χ0v) is 20.4. The fraction of sp³-hybridized carbons (Fsp3) is 0.308. The van der Waals surface area contributed by atoms with Crippen molar-refractivity contribution in [3.05, 3.63) is 77.2 Å². The first-order chi connectivity index (χ1) is 17.0. The summed E-state index contributed by atoms with van der Waals surface area (Å²) in [6, 6.07) is 14.6. The highest BCUT2D eigenvalue weighted by Crippen LogP contribution is 2.38. The third kappa shape index (κ3) is 7.00. The second-order valence-corrected chi connectivity index (χ2v) is 7.81. The van der Waals surface area contributed by atoms with Crippen molar-refractivity contribution in [2.45, 2.75) is 19.6 Å². The van der Waals surface area contributed by atoms with Gasteiger partial charge in [0.15, 0.2) is 11.5 Å². The van der Waals surface area contributed by atoms with Crippen molar-refractivity contribution in [1.82, 2.24) is 15.5 Å². The molecule has 9 nitrogen and oxygen atoms in total. The molecule has 0 aliphatic carbocycles. The maximum atomic E-state index is 12.8. The van der Waals surface area contributed by atoms with E-state index in [1.165, 1.54) is 0 Å². The molecule has 0 radical (unpaired) electrons. The highest BCUT2D eigenvalue weighted by molar-refractivity contribution is 5.93. The Hall–Kier alpha value is -3.98. The molecule has 0 aliphatic rings. The van der Waals surface area contributed by atoms with E-state index in [1.54, 1.807) is 58.9 Å². The van der Waals surface area contributed by atoms with E-state index in [4.69, 9.17) is 18.6 Å². The summed E-state index contributed by atoms with van der Waals surface area (Å²) in [5.74, 6) is 2.01. The highest BCUT2D eigenvalue weighted by Gasteiger charge is 2.16. The van der Waals surface area contributed by atoms with Crippen molar-refractivity contribution in [3.63, 3.8) is 0 Å². The maximum Gasteiger partial charge on any atom is 0.251 e. The lowest BCUT2D eigenvalue weighted by molar-refractivity contribution is -0.122. The Bertz CT molecular complexity index is 1090. The van der Waals surface area contributed by atoms with Crippen LogP contribution < -0.4 is 24.8 Å². The number of nitrogens with one attached hydrogen (secondary N) is 2. The molecule has 2 amide bonds. The quantitative estimate of drug-likeness (QED) is 0.410. The van der Waals surface area contributed by atoms with Crippen LogP contribution in [-0.2, 0) is 24.4 Å². The predicted molar refractivity (Wildman–Crippen MR) is 131 cm³/mol. The second-order valence-electron chi connectivity index (χ2n) is 7.81. The minimum atomic E-state index is -0.146. The van der Waals surface area contributed by atoms with Crippen molar-refractivity contribution < 1.29 is 28.2 Å². The Labute approximate surface area is 205 Å². The van der Waals surface area contributed by atoms with Gasteiger partial charge < -0.3 is 29.3 Å². The van der Waals surface area contributed by atoms with Crippen molar-refractivity contribution in [3.8, 4) is 17.2 Å². The van der Waals surface area contributed by atoms with Crippen LogP contribution in [0.2, 0.25) is 0 Å². The Morgan fingerprint density at radius 2 is 1.60 bits per heavy atom. The topological polar surface area (TPSA) is 102 Å². The molecule has 2 N–H and O–H groups in total. The summed E-state index contributed by atoms with van der Waals surface area (Å²) in [4.78, 5) is 26.6. The fourth-order valence-electron chi connectivity index (χ4n) is 3.65. The molecule has 0 spiro atoms. The molecule has 0 fully saturated rings. The molecule has 9 heteroatoms. The van der Waals surface area contributed by atoms with Crippen LogP contribution in [0.5, 0.6) is 17.2 Å². The van der Waals surface area contributed by atoms with Gasteiger partial charge in [-0.1, -0.05) is 12.1 Å². The first-order valence-electron chi connectivity index (χ1n) is 11.1. The first-order valence-corrected chi connectivity index (χ1v) is 11.1. The minimum Gasteiger partial charge on any atom is -0.493 e. The molecule has 35 heavy (non-hydrogen) atoms. The number of hydrogen-bond donors (Lipinski definition) is 2. The minimum absolute atomic E-state index is 0.143. The maximum absolute atomic E-state index is 12.8. The number of methoxy groups -OCH3 is 3. The molecular weight excluding hydrogens is 450 g/mol. The van der Waals surface area contributed by atoms with Gasteiger partial charge in [0, 0.05) is 25.7 Å². The van der Waals surface area contributed by atoms with Gasteiger partial charge in [-0.2, -0.15) is 0 Å². The summed E-state index contributed by atoms with van der Waals surface area (Å²) >= 11 is 0. The van der Waals surface area contributed by atoms with Gasteiger partial charge in [-0.25, -0.2) is 0 Å². The van der Waals surface area contributed by atoms with Crippen LogP contribution in [0.1, 0.15) is 27.2 Å². The molecule has 0 saturated carbocycles. The van der Waals surface area contributed by atoms with Crippen LogP contribution in [0.3, 0.4) is 0 Å². The molecule has 1 aromatic heterocycles.